The number of aromatic nitrogens is 3. The van der Waals surface area contributed by atoms with Crippen molar-refractivity contribution in [3.8, 4) is 0 Å². The second-order valence-electron chi connectivity index (χ2n) is 4.55. The zero-order valence-corrected chi connectivity index (χ0v) is 10.6. The Morgan fingerprint density at radius 3 is 2.78 bits per heavy atom. The van der Waals surface area contributed by atoms with Crippen LogP contribution < -0.4 is 0 Å². The molecule has 3 rings (SSSR count). The molecule has 1 saturated carbocycles. The molecule has 0 bridgehead atoms. The van der Waals surface area contributed by atoms with Gasteiger partial charge in [0.2, 0.25) is 0 Å². The van der Waals surface area contributed by atoms with E-state index >= 15 is 0 Å². The molecule has 0 unspecified atom stereocenters. The van der Waals surface area contributed by atoms with Crippen molar-refractivity contribution in [2.24, 2.45) is 0 Å². The van der Waals surface area contributed by atoms with Crippen LogP contribution in [0, 0.1) is 0 Å². The molecule has 0 aromatic carbocycles. The number of nitrogens with zero attached hydrogens (tertiary/aromatic N) is 3. The van der Waals surface area contributed by atoms with E-state index < -0.39 is 6.43 Å². The molecule has 18 heavy (non-hydrogen) atoms. The molecule has 3 nitrogen and oxygen atoms in total. The van der Waals surface area contributed by atoms with Gasteiger partial charge in [0, 0.05) is 5.92 Å². The third-order valence-corrected chi connectivity index (χ3v) is 3.60. The lowest BCUT2D eigenvalue weighted by molar-refractivity contribution is 0.151. The van der Waals surface area contributed by atoms with Crippen molar-refractivity contribution >= 4 is 17.2 Å². The standard InChI is InChI=1S/C12H12ClF2N3/c1-2-6-5-8(10(14)15)9(13)18-12(6)16-11(17-18)7-3-4-7/h5,7,10H,2-4H2,1H3. The van der Waals surface area contributed by atoms with E-state index in [4.69, 9.17) is 11.6 Å². The Morgan fingerprint density at radius 2 is 2.22 bits per heavy atom. The fraction of sp³-hybridized carbons (Fsp3) is 0.500. The lowest BCUT2D eigenvalue weighted by Gasteiger charge is -2.07. The largest absolute Gasteiger partial charge is 0.266 e. The van der Waals surface area contributed by atoms with Crippen LogP contribution >= 0.6 is 11.6 Å². The van der Waals surface area contributed by atoms with E-state index in [2.05, 4.69) is 10.1 Å². The Bertz CT molecular complexity index is 605. The van der Waals surface area contributed by atoms with E-state index in [9.17, 15) is 8.78 Å². The molecule has 0 amide bonds. The number of rotatable bonds is 3. The molecule has 0 spiro atoms. The Morgan fingerprint density at radius 1 is 1.50 bits per heavy atom. The lowest BCUT2D eigenvalue weighted by Crippen LogP contribution is -2.00. The molecule has 0 aliphatic heterocycles. The molecule has 0 N–H and O–H groups in total. The van der Waals surface area contributed by atoms with Gasteiger partial charge in [0.25, 0.3) is 6.43 Å². The Labute approximate surface area is 108 Å². The van der Waals surface area contributed by atoms with E-state index in [0.717, 1.165) is 24.2 Å². The molecule has 1 aliphatic carbocycles. The summed E-state index contributed by atoms with van der Waals surface area (Å²) in [4.78, 5) is 4.43. The van der Waals surface area contributed by atoms with E-state index in [-0.39, 0.29) is 10.7 Å². The fourth-order valence-corrected chi connectivity index (χ4v) is 2.29. The number of fused-ring (bicyclic) bond motifs is 1. The smallest absolute Gasteiger partial charge is 0.211 e. The number of hydrogen-bond acceptors (Lipinski definition) is 2. The summed E-state index contributed by atoms with van der Waals surface area (Å²) in [5.74, 6) is 1.10. The van der Waals surface area contributed by atoms with Gasteiger partial charge in [-0.3, -0.25) is 0 Å². The molecular formula is C12H12ClF2N3. The second-order valence-corrected chi connectivity index (χ2v) is 4.91. The maximum Gasteiger partial charge on any atom is 0.266 e. The van der Waals surface area contributed by atoms with E-state index in [1.165, 1.54) is 10.6 Å². The zero-order chi connectivity index (χ0) is 12.9. The number of aryl methyl sites for hydroxylation is 1. The monoisotopic (exact) mass is 271 g/mol. The number of alkyl halides is 2. The van der Waals surface area contributed by atoms with Crippen molar-refractivity contribution < 1.29 is 8.78 Å². The first kappa shape index (κ1) is 11.8. The van der Waals surface area contributed by atoms with Gasteiger partial charge >= 0.3 is 0 Å². The van der Waals surface area contributed by atoms with Crippen LogP contribution in [-0.4, -0.2) is 14.6 Å². The second kappa shape index (κ2) is 4.16. The molecule has 1 aliphatic rings. The van der Waals surface area contributed by atoms with E-state index in [1.54, 1.807) is 0 Å². The highest BCUT2D eigenvalue weighted by Gasteiger charge is 2.29. The molecule has 1 fully saturated rings. The highest BCUT2D eigenvalue weighted by Crippen LogP contribution is 2.39. The fourth-order valence-electron chi connectivity index (χ4n) is 2.03. The molecule has 2 aromatic heterocycles. The SMILES string of the molecule is CCc1cc(C(F)F)c(Cl)n2nc(C3CC3)nc12. The summed E-state index contributed by atoms with van der Waals surface area (Å²) in [5.41, 5.74) is 1.19. The summed E-state index contributed by atoms with van der Waals surface area (Å²) in [6, 6.07) is 1.44. The van der Waals surface area contributed by atoms with Crippen LogP contribution in [0.5, 0.6) is 0 Å². The average molecular weight is 272 g/mol. The quantitative estimate of drug-likeness (QED) is 0.796. The summed E-state index contributed by atoms with van der Waals surface area (Å²) in [6.07, 6.45) is 0.166. The molecule has 6 heteroatoms. The maximum absolute atomic E-state index is 12.9. The van der Waals surface area contributed by atoms with Crippen molar-refractivity contribution in [2.45, 2.75) is 38.5 Å². The van der Waals surface area contributed by atoms with Crippen LogP contribution in [0.25, 0.3) is 5.65 Å². The van der Waals surface area contributed by atoms with Gasteiger partial charge in [0.15, 0.2) is 11.5 Å². The van der Waals surface area contributed by atoms with Crippen molar-refractivity contribution in [1.29, 1.82) is 0 Å². The predicted octanol–water partition coefficient (Wildman–Crippen LogP) is 3.76. The van der Waals surface area contributed by atoms with Crippen LogP contribution in [0.4, 0.5) is 8.78 Å². The van der Waals surface area contributed by atoms with Crippen LogP contribution in [0.2, 0.25) is 5.15 Å². The third-order valence-electron chi connectivity index (χ3n) is 3.22. The van der Waals surface area contributed by atoms with Crippen LogP contribution in [0.15, 0.2) is 6.07 Å². The minimum atomic E-state index is -2.60. The normalized spacial score (nSPS) is 15.8. The van der Waals surface area contributed by atoms with Crippen LogP contribution in [0.3, 0.4) is 0 Å². The minimum Gasteiger partial charge on any atom is -0.211 e. The number of hydrogen-bond donors (Lipinski definition) is 0. The van der Waals surface area contributed by atoms with Crippen molar-refractivity contribution in [3.05, 3.63) is 28.2 Å². The Hall–Kier alpha value is -1.23. The van der Waals surface area contributed by atoms with Crippen LogP contribution in [-0.2, 0) is 6.42 Å². The Kier molecular flexibility index (Phi) is 2.73. The molecule has 2 aromatic rings. The highest BCUT2D eigenvalue weighted by molar-refractivity contribution is 6.30. The molecule has 0 atom stereocenters. The lowest BCUT2D eigenvalue weighted by atomic mass is 10.1. The molecule has 0 radical (unpaired) electrons. The zero-order valence-electron chi connectivity index (χ0n) is 9.83. The van der Waals surface area contributed by atoms with Gasteiger partial charge in [0.05, 0.1) is 5.56 Å². The summed E-state index contributed by atoms with van der Waals surface area (Å²) in [5, 5.41) is 4.24. The third kappa shape index (κ3) is 1.77. The van der Waals surface area contributed by atoms with Crippen molar-refractivity contribution in [3.63, 3.8) is 0 Å². The number of pyridine rings is 1. The topological polar surface area (TPSA) is 30.2 Å². The molecular weight excluding hydrogens is 260 g/mol. The van der Waals surface area contributed by atoms with Gasteiger partial charge < -0.3 is 0 Å². The summed E-state index contributed by atoms with van der Waals surface area (Å²) in [7, 11) is 0. The van der Waals surface area contributed by atoms with Gasteiger partial charge in [-0.25, -0.2) is 18.3 Å². The van der Waals surface area contributed by atoms with Gasteiger partial charge in [-0.1, -0.05) is 18.5 Å². The summed E-state index contributed by atoms with van der Waals surface area (Å²) in [6.45, 7) is 1.91. The van der Waals surface area contributed by atoms with Gasteiger partial charge in [-0.2, -0.15) is 0 Å². The summed E-state index contributed by atoms with van der Waals surface area (Å²) >= 11 is 5.98. The van der Waals surface area contributed by atoms with E-state index in [0.29, 0.717) is 18.0 Å². The van der Waals surface area contributed by atoms with Gasteiger partial charge in [-0.05, 0) is 30.9 Å². The van der Waals surface area contributed by atoms with Crippen LogP contribution in [0.1, 0.15) is 49.1 Å². The minimum absolute atomic E-state index is 0.0309. The van der Waals surface area contributed by atoms with Gasteiger partial charge in [0.1, 0.15) is 5.15 Å². The highest BCUT2D eigenvalue weighted by atomic mass is 35.5. The predicted molar refractivity (Wildman–Crippen MR) is 64.3 cm³/mol. The Balaban J connectivity index is 2.26. The van der Waals surface area contributed by atoms with Crippen molar-refractivity contribution in [1.82, 2.24) is 14.6 Å². The first-order valence-corrected chi connectivity index (χ1v) is 6.35. The molecule has 0 saturated heterocycles. The average Bonchev–Trinajstić information content (AvgIpc) is 3.09. The summed E-state index contributed by atoms with van der Waals surface area (Å²) < 4.78 is 27.2. The molecule has 96 valence electrons. The van der Waals surface area contributed by atoms with E-state index in [1.807, 2.05) is 6.92 Å². The van der Waals surface area contributed by atoms with Gasteiger partial charge in [-0.15, -0.1) is 5.10 Å². The maximum atomic E-state index is 12.9. The number of halogens is 3. The first-order chi connectivity index (χ1) is 8.61. The molecule has 2 heterocycles. The first-order valence-electron chi connectivity index (χ1n) is 5.98. The van der Waals surface area contributed by atoms with Crippen molar-refractivity contribution in [2.75, 3.05) is 0 Å².